The van der Waals surface area contributed by atoms with Crippen molar-refractivity contribution in [1.29, 1.82) is 0 Å². The molecule has 2 N–H and O–H groups in total. The summed E-state index contributed by atoms with van der Waals surface area (Å²) in [5.74, 6) is -0.416. The van der Waals surface area contributed by atoms with E-state index >= 15 is 0 Å². The van der Waals surface area contributed by atoms with E-state index in [1.165, 1.54) is 56.7 Å². The number of ether oxygens (including phenoxy) is 2. The minimum atomic E-state index is -4.24. The number of halogens is 1. The number of hydrogen-bond acceptors (Lipinski definition) is 6. The Hall–Kier alpha value is -3.76. The van der Waals surface area contributed by atoms with Crippen molar-refractivity contribution in [2.75, 3.05) is 30.4 Å². The molecule has 0 spiro atoms. The second kappa shape index (κ2) is 12.7. The highest BCUT2D eigenvalue weighted by Gasteiger charge is 2.29. The Morgan fingerprint density at radius 1 is 0.974 bits per heavy atom. The number of hydrogen-bond donors (Lipinski definition) is 2. The Labute approximate surface area is 227 Å². The lowest BCUT2D eigenvalue weighted by atomic mass is 10.1. The largest absolute Gasteiger partial charge is 0.493 e. The van der Waals surface area contributed by atoms with Crippen molar-refractivity contribution in [3.63, 3.8) is 0 Å². The summed E-state index contributed by atoms with van der Waals surface area (Å²) in [6, 6.07) is 16.7. The quantitative estimate of drug-likeness (QED) is 0.351. The molecule has 0 aliphatic rings. The van der Waals surface area contributed by atoms with Crippen molar-refractivity contribution in [1.82, 2.24) is 5.32 Å². The summed E-state index contributed by atoms with van der Waals surface area (Å²) in [5.41, 5.74) is 0.752. The van der Waals surface area contributed by atoms with Crippen LogP contribution < -0.4 is 24.4 Å². The summed E-state index contributed by atoms with van der Waals surface area (Å²) in [6.07, 6.45) is 0.740. The average Bonchev–Trinajstić information content (AvgIpc) is 2.91. The molecule has 0 saturated carbocycles. The van der Waals surface area contributed by atoms with Gasteiger partial charge in [0.25, 0.3) is 15.9 Å². The molecule has 0 unspecified atom stereocenters. The van der Waals surface area contributed by atoms with Gasteiger partial charge in [-0.15, -0.1) is 0 Å². The predicted molar refractivity (Wildman–Crippen MR) is 148 cm³/mol. The predicted octanol–water partition coefficient (Wildman–Crippen LogP) is 4.72. The van der Waals surface area contributed by atoms with Gasteiger partial charge in [0.05, 0.1) is 36.1 Å². The van der Waals surface area contributed by atoms with Gasteiger partial charge in [-0.05, 0) is 61.9 Å². The normalized spacial score (nSPS) is 11.8. The highest BCUT2D eigenvalue weighted by Crippen LogP contribution is 2.32. The van der Waals surface area contributed by atoms with Crippen LogP contribution in [0.1, 0.15) is 30.6 Å². The number of nitrogens with one attached hydrogen (secondary N) is 2. The number of sulfonamides is 1. The molecule has 11 heteroatoms. The monoisotopic (exact) mass is 559 g/mol. The summed E-state index contributed by atoms with van der Waals surface area (Å²) in [4.78, 5) is 25.8. The fraction of sp³-hybridized carbons (Fsp3) is 0.259. The Morgan fingerprint density at radius 3 is 2.26 bits per heavy atom. The molecule has 0 heterocycles. The third-order valence-corrected chi connectivity index (χ3v) is 7.80. The van der Waals surface area contributed by atoms with Gasteiger partial charge in [0, 0.05) is 17.1 Å². The zero-order valence-corrected chi connectivity index (χ0v) is 23.1. The molecule has 0 radical (unpaired) electrons. The second-order valence-corrected chi connectivity index (χ2v) is 10.7. The molecule has 202 valence electrons. The summed E-state index contributed by atoms with van der Waals surface area (Å²) >= 11 is 6.01. The maximum Gasteiger partial charge on any atom is 0.264 e. The third-order valence-electron chi connectivity index (χ3n) is 5.78. The van der Waals surface area contributed by atoms with Crippen LogP contribution in [-0.2, 0) is 14.8 Å². The van der Waals surface area contributed by atoms with E-state index in [0.29, 0.717) is 10.8 Å². The van der Waals surface area contributed by atoms with E-state index in [-0.39, 0.29) is 39.5 Å². The first-order valence-corrected chi connectivity index (χ1v) is 13.6. The standard InChI is InChI=1S/C27H30ClN3O6S/c1-5-18(2)29-27(33)22-8-6-7-9-23(22)30-26(32)17-31(20-12-10-19(28)11-13-20)38(34,35)21-14-15-24(36-3)25(16-21)37-4/h6-16,18H,5,17H2,1-4H3,(H,29,33)(H,30,32)/t18-/m1/s1. The molecule has 3 rings (SSSR count). The van der Waals surface area contributed by atoms with Crippen molar-refractivity contribution in [2.24, 2.45) is 0 Å². The van der Waals surface area contributed by atoms with Gasteiger partial charge in [-0.1, -0.05) is 30.7 Å². The highest BCUT2D eigenvalue weighted by molar-refractivity contribution is 7.92. The average molecular weight is 560 g/mol. The number of amides is 2. The van der Waals surface area contributed by atoms with Gasteiger partial charge in [0.1, 0.15) is 6.54 Å². The topological polar surface area (TPSA) is 114 Å². The van der Waals surface area contributed by atoms with Crippen LogP contribution in [0.15, 0.2) is 71.6 Å². The lowest BCUT2D eigenvalue weighted by Gasteiger charge is -2.25. The molecule has 0 aromatic heterocycles. The first-order valence-electron chi connectivity index (χ1n) is 11.8. The molecule has 0 bridgehead atoms. The van der Waals surface area contributed by atoms with E-state index in [1.54, 1.807) is 24.3 Å². The van der Waals surface area contributed by atoms with Gasteiger partial charge in [-0.2, -0.15) is 0 Å². The number of rotatable bonds is 11. The SMILES string of the molecule is CC[C@@H](C)NC(=O)c1ccccc1NC(=O)CN(c1ccc(Cl)cc1)S(=O)(=O)c1ccc(OC)c(OC)c1. The Bertz CT molecular complexity index is 1400. The molecule has 9 nitrogen and oxygen atoms in total. The first kappa shape index (κ1) is 28.8. The van der Waals surface area contributed by atoms with Crippen molar-refractivity contribution >= 4 is 44.8 Å². The van der Waals surface area contributed by atoms with Crippen LogP contribution in [0.4, 0.5) is 11.4 Å². The molecule has 3 aromatic rings. The fourth-order valence-corrected chi connectivity index (χ4v) is 5.10. The van der Waals surface area contributed by atoms with Crippen LogP contribution in [-0.4, -0.2) is 47.0 Å². The van der Waals surface area contributed by atoms with Gasteiger partial charge in [0.15, 0.2) is 11.5 Å². The van der Waals surface area contributed by atoms with Gasteiger partial charge < -0.3 is 20.1 Å². The summed E-state index contributed by atoms with van der Waals surface area (Å²) < 4.78 is 38.9. The zero-order valence-electron chi connectivity index (χ0n) is 21.5. The van der Waals surface area contributed by atoms with Gasteiger partial charge >= 0.3 is 0 Å². The summed E-state index contributed by atoms with van der Waals surface area (Å²) in [6.45, 7) is 3.25. The van der Waals surface area contributed by atoms with E-state index in [1.807, 2.05) is 13.8 Å². The van der Waals surface area contributed by atoms with Crippen LogP contribution >= 0.6 is 11.6 Å². The minimum Gasteiger partial charge on any atom is -0.493 e. The first-order chi connectivity index (χ1) is 18.1. The van der Waals surface area contributed by atoms with Crippen LogP contribution in [0.25, 0.3) is 0 Å². The van der Waals surface area contributed by atoms with Crippen LogP contribution in [0.2, 0.25) is 5.02 Å². The molecule has 0 aliphatic heterocycles. The van der Waals surface area contributed by atoms with E-state index in [0.717, 1.165) is 10.7 Å². The Kier molecular flexibility index (Phi) is 9.60. The lowest BCUT2D eigenvalue weighted by Crippen LogP contribution is -2.38. The molecule has 1 atom stereocenters. The minimum absolute atomic E-state index is 0.0571. The zero-order chi connectivity index (χ0) is 27.9. The number of carbonyl (C=O) groups excluding carboxylic acids is 2. The Balaban J connectivity index is 1.95. The van der Waals surface area contributed by atoms with Crippen molar-refractivity contribution in [3.05, 3.63) is 77.3 Å². The molecule has 0 aliphatic carbocycles. The summed E-state index contributed by atoms with van der Waals surface area (Å²) in [7, 11) is -1.40. The molecule has 0 fully saturated rings. The van der Waals surface area contributed by atoms with Crippen LogP contribution in [0.5, 0.6) is 11.5 Å². The van der Waals surface area contributed by atoms with Gasteiger partial charge in [-0.3, -0.25) is 13.9 Å². The fourth-order valence-electron chi connectivity index (χ4n) is 3.54. The maximum absolute atomic E-state index is 13.8. The number of methoxy groups -OCH3 is 2. The highest BCUT2D eigenvalue weighted by atomic mass is 35.5. The number of carbonyl (C=O) groups is 2. The number of para-hydroxylation sites is 1. The van der Waals surface area contributed by atoms with Crippen molar-refractivity contribution in [3.8, 4) is 11.5 Å². The third kappa shape index (κ3) is 6.76. The number of benzene rings is 3. The van der Waals surface area contributed by atoms with E-state index < -0.39 is 22.5 Å². The lowest BCUT2D eigenvalue weighted by molar-refractivity contribution is -0.114. The Morgan fingerprint density at radius 2 is 1.63 bits per heavy atom. The van der Waals surface area contributed by atoms with E-state index in [4.69, 9.17) is 21.1 Å². The molecular formula is C27H30ClN3O6S. The maximum atomic E-state index is 13.8. The van der Waals surface area contributed by atoms with Crippen molar-refractivity contribution in [2.45, 2.75) is 31.2 Å². The molecular weight excluding hydrogens is 530 g/mol. The van der Waals surface area contributed by atoms with E-state index in [2.05, 4.69) is 10.6 Å². The van der Waals surface area contributed by atoms with Crippen LogP contribution in [0.3, 0.4) is 0 Å². The van der Waals surface area contributed by atoms with Crippen LogP contribution in [0, 0.1) is 0 Å². The molecule has 38 heavy (non-hydrogen) atoms. The van der Waals surface area contributed by atoms with E-state index in [9.17, 15) is 18.0 Å². The van der Waals surface area contributed by atoms with Crippen molar-refractivity contribution < 1.29 is 27.5 Å². The van der Waals surface area contributed by atoms with Gasteiger partial charge in [0.2, 0.25) is 5.91 Å². The smallest absolute Gasteiger partial charge is 0.264 e. The summed E-state index contributed by atoms with van der Waals surface area (Å²) in [5, 5.41) is 5.95. The molecule has 2 amide bonds. The second-order valence-electron chi connectivity index (χ2n) is 8.38. The molecule has 0 saturated heterocycles. The van der Waals surface area contributed by atoms with Gasteiger partial charge in [-0.25, -0.2) is 8.42 Å². The number of nitrogens with zero attached hydrogens (tertiary/aromatic N) is 1. The molecule has 3 aromatic carbocycles. The number of anilines is 2.